The van der Waals surface area contributed by atoms with Crippen LogP contribution in [-0.2, 0) is 10.0 Å². The van der Waals surface area contributed by atoms with Gasteiger partial charge in [-0.15, -0.1) is 0 Å². The summed E-state index contributed by atoms with van der Waals surface area (Å²) in [4.78, 5) is 0.280. The van der Waals surface area contributed by atoms with Crippen molar-refractivity contribution >= 4 is 37.6 Å². The fourth-order valence-corrected chi connectivity index (χ4v) is 4.62. The van der Waals surface area contributed by atoms with Crippen molar-refractivity contribution in [2.45, 2.75) is 30.2 Å². The first-order valence-electron chi connectivity index (χ1n) is 5.89. The monoisotopic (exact) mass is 351 g/mol. The highest BCUT2D eigenvalue weighted by molar-refractivity contribution is 9.09. The Morgan fingerprint density at radius 3 is 2.61 bits per heavy atom. The van der Waals surface area contributed by atoms with Crippen molar-refractivity contribution in [1.29, 1.82) is 0 Å². The fraction of sp³-hybridized carbons (Fsp3) is 0.500. The van der Waals surface area contributed by atoms with Gasteiger partial charge in [0.2, 0.25) is 10.0 Å². The maximum absolute atomic E-state index is 12.6. The minimum atomic E-state index is -3.43. The summed E-state index contributed by atoms with van der Waals surface area (Å²) >= 11 is 9.19. The van der Waals surface area contributed by atoms with Crippen molar-refractivity contribution < 1.29 is 8.42 Å². The van der Waals surface area contributed by atoms with Gasteiger partial charge in [0.25, 0.3) is 0 Å². The summed E-state index contributed by atoms with van der Waals surface area (Å²) in [5.74, 6) is 0. The Labute approximate surface area is 121 Å². The lowest BCUT2D eigenvalue weighted by Gasteiger charge is -2.36. The van der Waals surface area contributed by atoms with Gasteiger partial charge < -0.3 is 0 Å². The van der Waals surface area contributed by atoms with E-state index in [1.807, 2.05) is 0 Å². The molecule has 0 unspecified atom stereocenters. The summed E-state index contributed by atoms with van der Waals surface area (Å²) < 4.78 is 26.7. The Balaban J connectivity index is 2.32. The molecule has 1 aliphatic rings. The fourth-order valence-electron chi connectivity index (χ4n) is 2.02. The van der Waals surface area contributed by atoms with Crippen molar-refractivity contribution in [3.8, 4) is 0 Å². The summed E-state index contributed by atoms with van der Waals surface area (Å²) in [5.41, 5.74) is 0. The largest absolute Gasteiger partial charge is 0.243 e. The second kappa shape index (κ2) is 5.90. The van der Waals surface area contributed by atoms with E-state index in [1.54, 1.807) is 22.5 Å². The molecular formula is C12H15BrClNO2S. The van der Waals surface area contributed by atoms with Crippen molar-refractivity contribution in [3.63, 3.8) is 0 Å². The van der Waals surface area contributed by atoms with E-state index in [2.05, 4.69) is 15.9 Å². The third-order valence-corrected chi connectivity index (χ3v) is 5.73. The van der Waals surface area contributed by atoms with Gasteiger partial charge in [-0.2, -0.15) is 4.31 Å². The highest BCUT2D eigenvalue weighted by Gasteiger charge is 2.34. The molecule has 0 aliphatic heterocycles. The molecule has 0 saturated heterocycles. The molecular weight excluding hydrogens is 338 g/mol. The van der Waals surface area contributed by atoms with Crippen LogP contribution in [0.1, 0.15) is 19.3 Å². The van der Waals surface area contributed by atoms with Gasteiger partial charge in [0.05, 0.1) is 4.90 Å². The van der Waals surface area contributed by atoms with Crippen molar-refractivity contribution in [3.05, 3.63) is 29.3 Å². The van der Waals surface area contributed by atoms with Crippen LogP contribution in [0.15, 0.2) is 29.2 Å². The molecule has 3 nitrogen and oxygen atoms in total. The summed E-state index contributed by atoms with van der Waals surface area (Å²) in [6, 6.07) is 6.60. The van der Waals surface area contributed by atoms with Crippen LogP contribution in [0.3, 0.4) is 0 Å². The number of hydrogen-bond donors (Lipinski definition) is 0. The van der Waals surface area contributed by atoms with Crippen molar-refractivity contribution in [2.24, 2.45) is 0 Å². The van der Waals surface area contributed by atoms with Crippen LogP contribution >= 0.6 is 27.5 Å². The molecule has 1 aromatic carbocycles. The Morgan fingerprint density at radius 2 is 2.11 bits per heavy atom. The van der Waals surface area contributed by atoms with Crippen molar-refractivity contribution in [1.82, 2.24) is 4.31 Å². The Kier molecular flexibility index (Phi) is 4.69. The van der Waals surface area contributed by atoms with E-state index in [1.165, 1.54) is 6.07 Å². The first kappa shape index (κ1) is 14.3. The van der Waals surface area contributed by atoms with Crippen LogP contribution in [0.5, 0.6) is 0 Å². The highest BCUT2D eigenvalue weighted by atomic mass is 79.9. The van der Waals surface area contributed by atoms with Crippen LogP contribution in [0.4, 0.5) is 0 Å². The highest BCUT2D eigenvalue weighted by Crippen LogP contribution is 2.30. The summed E-state index contributed by atoms with van der Waals surface area (Å²) in [5, 5.41) is 1.09. The third-order valence-electron chi connectivity index (χ3n) is 3.19. The van der Waals surface area contributed by atoms with E-state index in [9.17, 15) is 8.42 Å². The van der Waals surface area contributed by atoms with Gasteiger partial charge in [0.15, 0.2) is 0 Å². The number of halogens is 2. The standard InChI is InChI=1S/C12H15BrClNO2S/c13-7-8-15(11-4-2-5-11)18(16,17)12-6-1-3-10(14)9-12/h1,3,6,9,11H,2,4-5,7-8H2. The van der Waals surface area contributed by atoms with Crippen LogP contribution in [0, 0.1) is 0 Å². The number of rotatable bonds is 5. The van der Waals surface area contributed by atoms with Crippen LogP contribution in [0.2, 0.25) is 5.02 Å². The number of alkyl halides is 1. The molecule has 100 valence electrons. The van der Waals surface area contributed by atoms with Crippen LogP contribution in [0.25, 0.3) is 0 Å². The molecule has 0 N–H and O–H groups in total. The second-order valence-corrected chi connectivity index (χ2v) is 7.47. The molecule has 0 radical (unpaired) electrons. The maximum atomic E-state index is 12.6. The van der Waals surface area contributed by atoms with E-state index in [-0.39, 0.29) is 10.9 Å². The second-order valence-electron chi connectivity index (χ2n) is 4.35. The minimum Gasteiger partial charge on any atom is -0.207 e. The van der Waals surface area contributed by atoms with Gasteiger partial charge in [-0.1, -0.05) is 40.0 Å². The van der Waals surface area contributed by atoms with Gasteiger partial charge in [0.1, 0.15) is 0 Å². The molecule has 2 rings (SSSR count). The molecule has 0 aromatic heterocycles. The molecule has 0 bridgehead atoms. The van der Waals surface area contributed by atoms with E-state index in [0.717, 1.165) is 19.3 Å². The number of nitrogens with zero attached hydrogens (tertiary/aromatic N) is 1. The lowest BCUT2D eigenvalue weighted by molar-refractivity contribution is 0.228. The molecule has 1 fully saturated rings. The van der Waals surface area contributed by atoms with Gasteiger partial charge in [0, 0.05) is 22.9 Å². The normalized spacial score (nSPS) is 16.8. The number of sulfonamides is 1. The number of hydrogen-bond acceptors (Lipinski definition) is 2. The topological polar surface area (TPSA) is 37.4 Å². The molecule has 6 heteroatoms. The minimum absolute atomic E-state index is 0.145. The van der Waals surface area contributed by atoms with Gasteiger partial charge >= 0.3 is 0 Å². The summed E-state index contributed by atoms with van der Waals surface area (Å²) in [6.45, 7) is 0.500. The average Bonchev–Trinajstić information content (AvgIpc) is 2.26. The molecule has 0 atom stereocenters. The van der Waals surface area contributed by atoms with E-state index in [0.29, 0.717) is 16.9 Å². The summed E-state index contributed by atoms with van der Waals surface area (Å²) in [6.07, 6.45) is 3.01. The van der Waals surface area contributed by atoms with Gasteiger partial charge in [-0.3, -0.25) is 0 Å². The van der Waals surface area contributed by atoms with E-state index in [4.69, 9.17) is 11.6 Å². The third kappa shape index (κ3) is 2.90. The predicted molar refractivity (Wildman–Crippen MR) is 76.8 cm³/mol. The lowest BCUT2D eigenvalue weighted by Crippen LogP contribution is -2.45. The van der Waals surface area contributed by atoms with E-state index >= 15 is 0 Å². The first-order chi connectivity index (χ1) is 8.55. The zero-order valence-electron chi connectivity index (χ0n) is 9.85. The SMILES string of the molecule is O=S(=O)(c1cccc(Cl)c1)N(CCBr)C1CCC1. The predicted octanol–water partition coefficient (Wildman–Crippen LogP) is 3.28. The molecule has 0 heterocycles. The average molecular weight is 353 g/mol. The van der Waals surface area contributed by atoms with Gasteiger partial charge in [-0.05, 0) is 31.0 Å². The first-order valence-corrected chi connectivity index (χ1v) is 8.83. The zero-order valence-corrected chi connectivity index (χ0v) is 13.0. The Hall–Kier alpha value is -0.100. The quantitative estimate of drug-likeness (QED) is 0.763. The molecule has 0 spiro atoms. The number of benzene rings is 1. The molecule has 1 aromatic rings. The molecule has 18 heavy (non-hydrogen) atoms. The van der Waals surface area contributed by atoms with Crippen LogP contribution < -0.4 is 0 Å². The lowest BCUT2D eigenvalue weighted by atomic mass is 9.93. The van der Waals surface area contributed by atoms with Gasteiger partial charge in [-0.25, -0.2) is 8.42 Å². The summed E-state index contributed by atoms with van der Waals surface area (Å²) in [7, 11) is -3.43. The zero-order chi connectivity index (χ0) is 13.2. The molecule has 1 aliphatic carbocycles. The van der Waals surface area contributed by atoms with E-state index < -0.39 is 10.0 Å². The Bertz CT molecular complexity index is 517. The Morgan fingerprint density at radius 1 is 1.39 bits per heavy atom. The molecule has 0 amide bonds. The van der Waals surface area contributed by atoms with Crippen molar-refractivity contribution in [2.75, 3.05) is 11.9 Å². The van der Waals surface area contributed by atoms with Crippen LogP contribution in [-0.4, -0.2) is 30.6 Å². The molecule has 1 saturated carbocycles. The smallest absolute Gasteiger partial charge is 0.207 e. The maximum Gasteiger partial charge on any atom is 0.243 e.